The summed E-state index contributed by atoms with van der Waals surface area (Å²) in [6, 6.07) is 13.9. The van der Waals surface area contributed by atoms with Gasteiger partial charge in [0.25, 0.3) is 0 Å². The Morgan fingerprint density at radius 2 is 1.95 bits per heavy atom. The summed E-state index contributed by atoms with van der Waals surface area (Å²) in [6.45, 7) is 0.503. The van der Waals surface area contributed by atoms with Gasteiger partial charge in [0, 0.05) is 17.8 Å². The number of fused-ring (bicyclic) bond motifs is 1. The molecule has 0 spiro atoms. The molecule has 0 fully saturated rings. The normalized spacial score (nSPS) is 10.6. The second kappa shape index (κ2) is 5.02. The molecule has 3 aromatic rings. The Balaban J connectivity index is 1.89. The van der Waals surface area contributed by atoms with Crippen LogP contribution in [-0.4, -0.2) is 16.8 Å². The third-order valence-electron chi connectivity index (χ3n) is 2.94. The minimum atomic E-state index is 0.503. The van der Waals surface area contributed by atoms with Crippen LogP contribution in [0.5, 0.6) is 5.88 Å². The van der Waals surface area contributed by atoms with Gasteiger partial charge in [0.05, 0.1) is 7.11 Å². The van der Waals surface area contributed by atoms with Crippen molar-refractivity contribution in [3.63, 3.8) is 0 Å². The van der Waals surface area contributed by atoms with Gasteiger partial charge in [0.15, 0.2) is 0 Å². The summed E-state index contributed by atoms with van der Waals surface area (Å²) in [6.07, 6.45) is 3.60. The third kappa shape index (κ3) is 2.25. The first-order chi connectivity index (χ1) is 9.38. The molecule has 2 heterocycles. The number of hydrogen-bond acceptors (Lipinski definition) is 3. The predicted octanol–water partition coefficient (Wildman–Crippen LogP) is 2.67. The summed E-state index contributed by atoms with van der Waals surface area (Å²) in [5.74, 6) is 0.565. The van der Waals surface area contributed by atoms with Crippen molar-refractivity contribution >= 4 is 10.9 Å². The average Bonchev–Trinajstić information content (AvgIpc) is 2.89. The van der Waals surface area contributed by atoms with E-state index >= 15 is 0 Å². The van der Waals surface area contributed by atoms with Gasteiger partial charge in [-0.2, -0.15) is 4.73 Å². The Bertz CT molecular complexity index is 677. The van der Waals surface area contributed by atoms with E-state index in [9.17, 15) is 0 Å². The second-order valence-corrected chi connectivity index (χ2v) is 4.16. The fraction of sp³-hybridized carbons (Fsp3) is 0.133. The molecular weight excluding hydrogens is 240 g/mol. The standard InChI is InChI=1S/C15H14N2O2/c1-18-15-14-13(7-9-16-15)8-10-17(14)19-11-12-5-3-2-4-6-12/h2-10H,11H2,1H3. The zero-order valence-electron chi connectivity index (χ0n) is 10.6. The van der Waals surface area contributed by atoms with E-state index in [1.807, 2.05) is 48.7 Å². The molecule has 0 saturated carbocycles. The van der Waals surface area contributed by atoms with E-state index in [0.29, 0.717) is 12.5 Å². The molecule has 0 saturated heterocycles. The van der Waals surface area contributed by atoms with Gasteiger partial charge in [0.2, 0.25) is 5.88 Å². The van der Waals surface area contributed by atoms with Gasteiger partial charge in [-0.25, -0.2) is 4.98 Å². The quantitative estimate of drug-likeness (QED) is 0.718. The summed E-state index contributed by atoms with van der Waals surface area (Å²) < 4.78 is 6.97. The molecule has 0 unspecified atom stereocenters. The molecule has 2 aromatic heterocycles. The van der Waals surface area contributed by atoms with Crippen LogP contribution in [0.15, 0.2) is 54.9 Å². The maximum Gasteiger partial charge on any atom is 0.241 e. The number of pyridine rings is 1. The predicted molar refractivity (Wildman–Crippen MR) is 73.0 cm³/mol. The van der Waals surface area contributed by atoms with Crippen LogP contribution >= 0.6 is 0 Å². The van der Waals surface area contributed by atoms with Crippen LogP contribution in [0.3, 0.4) is 0 Å². The molecule has 0 atom stereocenters. The van der Waals surface area contributed by atoms with Crippen molar-refractivity contribution in [1.82, 2.24) is 9.71 Å². The molecular formula is C15H14N2O2. The van der Waals surface area contributed by atoms with Crippen molar-refractivity contribution in [2.75, 3.05) is 7.11 Å². The fourth-order valence-electron chi connectivity index (χ4n) is 2.00. The molecule has 0 amide bonds. The second-order valence-electron chi connectivity index (χ2n) is 4.16. The Hall–Kier alpha value is -2.49. The molecule has 1 aromatic carbocycles. The van der Waals surface area contributed by atoms with E-state index in [2.05, 4.69) is 4.98 Å². The molecule has 0 N–H and O–H groups in total. The minimum Gasteiger partial charge on any atom is -0.479 e. The zero-order chi connectivity index (χ0) is 13.1. The molecule has 0 bridgehead atoms. The highest BCUT2D eigenvalue weighted by molar-refractivity contribution is 5.83. The first-order valence-corrected chi connectivity index (χ1v) is 6.06. The highest BCUT2D eigenvalue weighted by Gasteiger charge is 2.09. The molecule has 0 aliphatic heterocycles. The number of rotatable bonds is 4. The first kappa shape index (κ1) is 11.6. The Labute approximate surface area is 111 Å². The van der Waals surface area contributed by atoms with Crippen LogP contribution < -0.4 is 9.57 Å². The van der Waals surface area contributed by atoms with E-state index in [-0.39, 0.29) is 0 Å². The van der Waals surface area contributed by atoms with Crippen LogP contribution in [-0.2, 0) is 6.61 Å². The molecule has 0 aliphatic rings. The van der Waals surface area contributed by atoms with Crippen molar-refractivity contribution < 1.29 is 9.57 Å². The topological polar surface area (TPSA) is 36.3 Å². The maximum absolute atomic E-state index is 5.78. The van der Waals surface area contributed by atoms with Gasteiger partial charge in [-0.3, -0.25) is 0 Å². The van der Waals surface area contributed by atoms with Crippen LogP contribution in [0.4, 0.5) is 0 Å². The van der Waals surface area contributed by atoms with Gasteiger partial charge < -0.3 is 9.57 Å². The largest absolute Gasteiger partial charge is 0.479 e. The monoisotopic (exact) mass is 254 g/mol. The van der Waals surface area contributed by atoms with Crippen molar-refractivity contribution in [3.8, 4) is 5.88 Å². The Kier molecular flexibility index (Phi) is 3.06. The summed E-state index contributed by atoms with van der Waals surface area (Å²) in [5.41, 5.74) is 1.97. The lowest BCUT2D eigenvalue weighted by Gasteiger charge is -2.09. The van der Waals surface area contributed by atoms with Crippen LogP contribution in [0.2, 0.25) is 0 Å². The lowest BCUT2D eigenvalue weighted by molar-refractivity contribution is 0.106. The van der Waals surface area contributed by atoms with E-state index in [4.69, 9.17) is 9.57 Å². The number of nitrogens with zero attached hydrogens (tertiary/aromatic N) is 2. The highest BCUT2D eigenvalue weighted by Crippen LogP contribution is 2.23. The number of methoxy groups -OCH3 is 1. The Morgan fingerprint density at radius 3 is 2.74 bits per heavy atom. The van der Waals surface area contributed by atoms with E-state index in [0.717, 1.165) is 16.5 Å². The van der Waals surface area contributed by atoms with Crippen LogP contribution in [0.25, 0.3) is 10.9 Å². The van der Waals surface area contributed by atoms with Crippen molar-refractivity contribution in [1.29, 1.82) is 0 Å². The minimum absolute atomic E-state index is 0.503. The van der Waals surface area contributed by atoms with E-state index < -0.39 is 0 Å². The molecule has 4 heteroatoms. The number of ether oxygens (including phenoxy) is 1. The van der Waals surface area contributed by atoms with Crippen molar-refractivity contribution in [2.24, 2.45) is 0 Å². The van der Waals surface area contributed by atoms with Crippen molar-refractivity contribution in [3.05, 3.63) is 60.4 Å². The molecule has 96 valence electrons. The third-order valence-corrected chi connectivity index (χ3v) is 2.94. The smallest absolute Gasteiger partial charge is 0.241 e. The molecule has 0 radical (unpaired) electrons. The summed E-state index contributed by atoms with van der Waals surface area (Å²) in [5, 5.41) is 1.04. The number of benzene rings is 1. The van der Waals surface area contributed by atoms with Gasteiger partial charge >= 0.3 is 0 Å². The lowest BCUT2D eigenvalue weighted by Crippen LogP contribution is -2.10. The highest BCUT2D eigenvalue weighted by atomic mass is 16.7. The lowest BCUT2D eigenvalue weighted by atomic mass is 10.2. The molecule has 3 rings (SSSR count). The van der Waals surface area contributed by atoms with Gasteiger partial charge in [-0.1, -0.05) is 30.3 Å². The van der Waals surface area contributed by atoms with Crippen LogP contribution in [0.1, 0.15) is 5.56 Å². The van der Waals surface area contributed by atoms with Crippen molar-refractivity contribution in [2.45, 2.75) is 6.61 Å². The molecule has 0 aliphatic carbocycles. The summed E-state index contributed by atoms with van der Waals surface area (Å²) in [7, 11) is 1.61. The fourth-order valence-corrected chi connectivity index (χ4v) is 2.00. The maximum atomic E-state index is 5.78. The summed E-state index contributed by atoms with van der Waals surface area (Å²) >= 11 is 0. The molecule has 19 heavy (non-hydrogen) atoms. The number of hydrogen-bond donors (Lipinski definition) is 0. The average molecular weight is 254 g/mol. The molecule has 4 nitrogen and oxygen atoms in total. The van der Waals surface area contributed by atoms with Gasteiger partial charge in [0.1, 0.15) is 12.1 Å². The van der Waals surface area contributed by atoms with E-state index in [1.165, 1.54) is 0 Å². The number of aromatic nitrogens is 2. The SMILES string of the molecule is COc1nccc2ccn(OCc3ccccc3)c12. The summed E-state index contributed by atoms with van der Waals surface area (Å²) in [4.78, 5) is 9.97. The Morgan fingerprint density at radius 1 is 1.11 bits per heavy atom. The van der Waals surface area contributed by atoms with Gasteiger partial charge in [-0.15, -0.1) is 0 Å². The first-order valence-electron chi connectivity index (χ1n) is 6.06. The van der Waals surface area contributed by atoms with Crippen LogP contribution in [0, 0.1) is 0 Å². The zero-order valence-corrected chi connectivity index (χ0v) is 10.6. The van der Waals surface area contributed by atoms with E-state index in [1.54, 1.807) is 18.0 Å². The van der Waals surface area contributed by atoms with Gasteiger partial charge in [-0.05, 0) is 17.7 Å².